The van der Waals surface area contributed by atoms with Crippen LogP contribution in [0.4, 0.5) is 0 Å². The summed E-state index contributed by atoms with van der Waals surface area (Å²) in [5.41, 5.74) is 8.02. The van der Waals surface area contributed by atoms with Gasteiger partial charge in [0.1, 0.15) is 12.2 Å². The van der Waals surface area contributed by atoms with E-state index in [2.05, 4.69) is 79.7 Å². The van der Waals surface area contributed by atoms with Gasteiger partial charge in [0.2, 0.25) is 0 Å². The molecule has 3 nitrogen and oxygen atoms in total. The molecule has 2 heterocycles. The molecule has 2 saturated heterocycles. The highest BCUT2D eigenvalue weighted by atomic mass is 16.6. The number of epoxide rings is 2. The van der Waals surface area contributed by atoms with E-state index >= 15 is 0 Å². The van der Waals surface area contributed by atoms with Crippen LogP contribution >= 0.6 is 0 Å². The lowest BCUT2D eigenvalue weighted by Crippen LogP contribution is -2.52. The summed E-state index contributed by atoms with van der Waals surface area (Å²) in [6.07, 6.45) is 29.6. The van der Waals surface area contributed by atoms with Gasteiger partial charge in [-0.05, 0) is 145 Å². The van der Waals surface area contributed by atoms with Gasteiger partial charge in [-0.2, -0.15) is 0 Å². The molecule has 0 amide bonds. The molecule has 0 bridgehead atoms. The van der Waals surface area contributed by atoms with Gasteiger partial charge in [-0.15, -0.1) is 0 Å². The number of rotatable bonds is 10. The molecule has 49 heavy (non-hydrogen) atoms. The standard InChI is InChI=1S/C46H70O3/c1-29(2)31-11-15-35-33(23-31)13-17-41-43(5,19-9-21-45(35,41)7)25-37(39-27-47-39)49-38(40-28-48-40)26-44(6)20-10-22-46(8)36-16-12-32(30(3)4)24-34(36)14-18-42(44)46/h13-14,23-24,29-30,35-42H,9-12,15-22,25-28H2,1-8H3/t35-,36-,37?,38?,39?,40?,41-,42-,43-,44-,45+,46+/m0/s1. The van der Waals surface area contributed by atoms with E-state index in [1.807, 2.05) is 0 Å². The van der Waals surface area contributed by atoms with Crippen LogP contribution in [-0.2, 0) is 14.2 Å². The van der Waals surface area contributed by atoms with Crippen LogP contribution in [0.25, 0.3) is 0 Å². The fourth-order valence-electron chi connectivity index (χ4n) is 13.7. The van der Waals surface area contributed by atoms with Crippen molar-refractivity contribution in [1.29, 1.82) is 0 Å². The van der Waals surface area contributed by atoms with E-state index in [9.17, 15) is 0 Å². The van der Waals surface area contributed by atoms with Crippen molar-refractivity contribution >= 4 is 0 Å². The molecule has 12 atom stereocenters. The molecule has 0 spiro atoms. The molecule has 6 aliphatic carbocycles. The predicted molar refractivity (Wildman–Crippen MR) is 201 cm³/mol. The van der Waals surface area contributed by atoms with Crippen LogP contribution in [0, 0.1) is 57.2 Å². The van der Waals surface area contributed by atoms with Crippen LogP contribution in [0.5, 0.6) is 0 Å². The lowest BCUT2D eigenvalue weighted by molar-refractivity contribution is -0.127. The van der Waals surface area contributed by atoms with Crippen LogP contribution in [0.15, 0.2) is 46.6 Å². The summed E-state index contributed by atoms with van der Waals surface area (Å²) in [4.78, 5) is 0. The Morgan fingerprint density at radius 2 is 1.06 bits per heavy atom. The summed E-state index contributed by atoms with van der Waals surface area (Å²) >= 11 is 0. The summed E-state index contributed by atoms with van der Waals surface area (Å²) in [6, 6.07) is 0. The van der Waals surface area contributed by atoms with E-state index in [1.165, 1.54) is 77.0 Å². The zero-order valence-electron chi connectivity index (χ0n) is 32.6. The molecule has 4 unspecified atom stereocenters. The maximum atomic E-state index is 7.45. The summed E-state index contributed by atoms with van der Waals surface area (Å²) in [6.45, 7) is 21.9. The topological polar surface area (TPSA) is 34.3 Å². The Balaban J connectivity index is 1.01. The second kappa shape index (κ2) is 12.8. The first-order valence-corrected chi connectivity index (χ1v) is 21.0. The minimum atomic E-state index is 0.181. The van der Waals surface area contributed by atoms with Crippen LogP contribution < -0.4 is 0 Å². The van der Waals surface area contributed by atoms with Gasteiger partial charge in [0.15, 0.2) is 0 Å². The molecule has 4 fully saturated rings. The van der Waals surface area contributed by atoms with E-state index in [-0.39, 0.29) is 35.2 Å². The van der Waals surface area contributed by atoms with Gasteiger partial charge in [-0.3, -0.25) is 0 Å². The van der Waals surface area contributed by atoms with E-state index in [0.29, 0.717) is 22.7 Å². The third-order valence-corrected chi connectivity index (χ3v) is 16.6. The Hall–Kier alpha value is -1.16. The maximum absolute atomic E-state index is 7.45. The molecule has 0 aromatic rings. The molecule has 8 aliphatic rings. The van der Waals surface area contributed by atoms with Crippen LogP contribution in [0.3, 0.4) is 0 Å². The number of ether oxygens (including phenoxy) is 3. The Labute approximate surface area is 300 Å². The van der Waals surface area contributed by atoms with Crippen molar-refractivity contribution in [2.75, 3.05) is 13.2 Å². The van der Waals surface area contributed by atoms with Crippen LogP contribution in [0.2, 0.25) is 0 Å². The second-order valence-electron chi connectivity index (χ2n) is 20.3. The van der Waals surface area contributed by atoms with Gasteiger partial charge in [0.05, 0.1) is 25.4 Å². The van der Waals surface area contributed by atoms with E-state index < -0.39 is 0 Å². The molecule has 3 heteroatoms. The number of fused-ring (bicyclic) bond motifs is 6. The van der Waals surface area contributed by atoms with Crippen LogP contribution in [-0.4, -0.2) is 37.6 Å². The fraction of sp³-hybridized carbons (Fsp3) is 0.826. The minimum absolute atomic E-state index is 0.181. The third kappa shape index (κ3) is 6.24. The Bertz CT molecular complexity index is 1290. The second-order valence-corrected chi connectivity index (χ2v) is 20.3. The molecule has 0 N–H and O–H groups in total. The first kappa shape index (κ1) is 34.9. The SMILES string of the molecule is CC(C)C1=CC2=CC[C@H]3[C@](C)(CC(OC(C[C@]4(C)CCC[C@]5(C)[C@H]6CCC(C(C)C)=CC6=CC[C@@H]45)C4CO4)C4CO4)CCC[C@]3(C)[C@H]2CC1. The van der Waals surface area contributed by atoms with Crippen LogP contribution in [0.1, 0.15) is 145 Å². The lowest BCUT2D eigenvalue weighted by Gasteiger charge is -2.59. The minimum Gasteiger partial charge on any atom is -0.370 e. The van der Waals surface area contributed by atoms with E-state index in [0.717, 1.165) is 49.7 Å². The number of hydrogen-bond donors (Lipinski definition) is 0. The van der Waals surface area contributed by atoms with Crippen molar-refractivity contribution in [3.05, 3.63) is 46.6 Å². The molecule has 2 aliphatic heterocycles. The van der Waals surface area contributed by atoms with Crippen molar-refractivity contribution in [3.8, 4) is 0 Å². The summed E-state index contributed by atoms with van der Waals surface area (Å²) in [7, 11) is 0. The smallest absolute Gasteiger partial charge is 0.107 e. The Kier molecular flexibility index (Phi) is 9.09. The highest BCUT2D eigenvalue weighted by Crippen LogP contribution is 2.65. The van der Waals surface area contributed by atoms with Crippen molar-refractivity contribution in [1.82, 2.24) is 0 Å². The summed E-state index contributed by atoms with van der Waals surface area (Å²) < 4.78 is 19.7. The predicted octanol–water partition coefficient (Wildman–Crippen LogP) is 11.6. The Morgan fingerprint density at radius 3 is 1.43 bits per heavy atom. The lowest BCUT2D eigenvalue weighted by atomic mass is 9.46. The monoisotopic (exact) mass is 671 g/mol. The molecule has 272 valence electrons. The van der Waals surface area contributed by atoms with Gasteiger partial charge < -0.3 is 14.2 Å². The highest BCUT2D eigenvalue weighted by molar-refractivity contribution is 5.36. The van der Waals surface area contributed by atoms with Gasteiger partial charge in [0.25, 0.3) is 0 Å². The molecule has 0 radical (unpaired) electrons. The largest absolute Gasteiger partial charge is 0.370 e. The third-order valence-electron chi connectivity index (χ3n) is 16.6. The molecular formula is C46H70O3. The summed E-state index contributed by atoms with van der Waals surface area (Å²) in [5, 5.41) is 0. The fourth-order valence-corrected chi connectivity index (χ4v) is 13.7. The van der Waals surface area contributed by atoms with Crippen molar-refractivity contribution in [2.24, 2.45) is 57.2 Å². The number of allylic oxidation sites excluding steroid dienone is 8. The quantitative estimate of drug-likeness (QED) is 0.217. The van der Waals surface area contributed by atoms with Gasteiger partial charge in [-0.1, -0.05) is 104 Å². The average Bonchev–Trinajstić information content (AvgIpc) is 3.97. The Morgan fingerprint density at radius 1 is 0.653 bits per heavy atom. The van der Waals surface area contributed by atoms with Crippen molar-refractivity contribution < 1.29 is 14.2 Å². The van der Waals surface area contributed by atoms with Crippen molar-refractivity contribution in [3.63, 3.8) is 0 Å². The zero-order chi connectivity index (χ0) is 34.3. The van der Waals surface area contributed by atoms with Gasteiger partial charge in [0, 0.05) is 0 Å². The summed E-state index contributed by atoms with van der Waals surface area (Å²) in [5.74, 6) is 4.22. The van der Waals surface area contributed by atoms with E-state index in [4.69, 9.17) is 14.2 Å². The van der Waals surface area contributed by atoms with Gasteiger partial charge >= 0.3 is 0 Å². The zero-order valence-corrected chi connectivity index (χ0v) is 32.6. The maximum Gasteiger partial charge on any atom is 0.107 e. The molecular weight excluding hydrogens is 601 g/mol. The molecule has 8 rings (SSSR count). The first-order chi connectivity index (χ1) is 23.3. The molecule has 0 aromatic carbocycles. The highest BCUT2D eigenvalue weighted by Gasteiger charge is 2.58. The molecule has 0 aromatic heterocycles. The van der Waals surface area contributed by atoms with E-state index in [1.54, 1.807) is 22.3 Å². The number of hydrogen-bond acceptors (Lipinski definition) is 3. The average molecular weight is 671 g/mol. The van der Waals surface area contributed by atoms with Gasteiger partial charge in [-0.25, -0.2) is 0 Å². The van der Waals surface area contributed by atoms with Crippen molar-refractivity contribution in [2.45, 2.75) is 170 Å². The normalized spacial score (nSPS) is 45.5. The first-order valence-electron chi connectivity index (χ1n) is 21.0. The molecule has 2 saturated carbocycles.